The quantitative estimate of drug-likeness (QED) is 0.0263. The maximum Gasteiger partial charge on any atom is 0.306 e. The lowest BCUT2D eigenvalue weighted by molar-refractivity contribution is -0.889. The van der Waals surface area contributed by atoms with Gasteiger partial charge in [-0.2, -0.15) is 0 Å². The molecule has 8 heteroatoms. The number of nitrogens with zero attached hydrogens (tertiary/aromatic N) is 1. The maximum absolute atomic E-state index is 12.7. The number of quaternary nitrogens is 1. The number of carboxylic acid groups (broad SMARTS) is 1. The minimum Gasteiger partial charge on any atom is -0.544 e. The number of carbonyl (C=O) groups is 3. The molecule has 0 spiro atoms. The fourth-order valence-electron chi connectivity index (χ4n) is 6.27. The van der Waals surface area contributed by atoms with E-state index in [1.54, 1.807) is 21.1 Å². The van der Waals surface area contributed by atoms with E-state index < -0.39 is 18.1 Å². The summed E-state index contributed by atoms with van der Waals surface area (Å²) in [5, 5.41) is 11.6. The Morgan fingerprint density at radius 3 is 1.45 bits per heavy atom. The van der Waals surface area contributed by atoms with E-state index in [9.17, 15) is 19.5 Å². The highest BCUT2D eigenvalue weighted by Gasteiger charge is 2.25. The van der Waals surface area contributed by atoms with Crippen LogP contribution >= 0.6 is 0 Å². The molecular weight excluding hydrogens is 727 g/mol. The lowest BCUT2D eigenvalue weighted by Crippen LogP contribution is -2.55. The summed E-state index contributed by atoms with van der Waals surface area (Å²) in [6.45, 7) is 4.49. The highest BCUT2D eigenvalue weighted by Crippen LogP contribution is 2.13. The van der Waals surface area contributed by atoms with Crippen molar-refractivity contribution in [2.24, 2.45) is 0 Å². The third-order valence-electron chi connectivity index (χ3n) is 9.83. The lowest BCUT2D eigenvalue weighted by atomic mass is 10.1. The van der Waals surface area contributed by atoms with Crippen LogP contribution < -0.4 is 5.11 Å². The Morgan fingerprint density at radius 2 is 0.966 bits per heavy atom. The molecule has 0 aliphatic carbocycles. The molecule has 0 heterocycles. The van der Waals surface area contributed by atoms with Gasteiger partial charge in [0.05, 0.1) is 40.3 Å². The third kappa shape index (κ3) is 38.3. The third-order valence-corrected chi connectivity index (χ3v) is 9.83. The number of esters is 2. The predicted octanol–water partition coefficient (Wildman–Crippen LogP) is 11.4. The van der Waals surface area contributed by atoms with Gasteiger partial charge < -0.3 is 28.6 Å². The van der Waals surface area contributed by atoms with E-state index in [1.165, 1.54) is 44.9 Å². The van der Waals surface area contributed by atoms with E-state index in [2.05, 4.69) is 86.8 Å². The standard InChI is InChI=1S/C50H85NO7/c1-6-8-10-12-14-16-18-20-21-22-23-24-25-26-27-28-29-31-32-34-36-38-40-48(52)57-45-46(44-56-43-42-47(50(54)55)51(3,4)5)58-49(53)41-39-37-35-33-30-19-17-15-13-11-9-7-2/h8,10,14-17,20-21,23-24,26-27,46-47H,6-7,9,11-13,18-19,22,25,28-45H2,1-5H3/b10-8+,16-14+,17-15+,21-20+,24-23+,27-26+. The van der Waals surface area contributed by atoms with Gasteiger partial charge in [-0.3, -0.25) is 9.59 Å². The molecule has 0 N–H and O–H groups in total. The molecule has 2 atom stereocenters. The SMILES string of the molecule is CC/C=C/C/C=C/C/C=C/C/C=C/C/C=C/CCCCCCCCC(=O)OCC(COCCC(C(=O)[O-])[N+](C)(C)C)OC(=O)CCCCCCC/C=C/CCCCC. The first kappa shape index (κ1) is 54.8. The highest BCUT2D eigenvalue weighted by atomic mass is 16.6. The van der Waals surface area contributed by atoms with E-state index in [0.717, 1.165) is 96.3 Å². The zero-order chi connectivity index (χ0) is 42.8. The first-order valence-electron chi connectivity index (χ1n) is 23.0. The number of hydrogen-bond acceptors (Lipinski definition) is 7. The van der Waals surface area contributed by atoms with Crippen molar-refractivity contribution in [3.05, 3.63) is 72.9 Å². The summed E-state index contributed by atoms with van der Waals surface area (Å²) in [4.78, 5) is 36.9. The van der Waals surface area contributed by atoms with E-state index in [-0.39, 0.29) is 42.7 Å². The molecule has 0 saturated heterocycles. The average molecular weight is 812 g/mol. The number of allylic oxidation sites excluding steroid dienone is 12. The van der Waals surface area contributed by atoms with Crippen molar-refractivity contribution in [2.75, 3.05) is 41.0 Å². The number of rotatable bonds is 40. The number of ether oxygens (including phenoxy) is 3. The molecule has 0 aromatic carbocycles. The predicted molar refractivity (Wildman–Crippen MR) is 240 cm³/mol. The van der Waals surface area contributed by atoms with Gasteiger partial charge in [0.2, 0.25) is 0 Å². The topological polar surface area (TPSA) is 102 Å². The zero-order valence-corrected chi connectivity index (χ0v) is 37.7. The van der Waals surface area contributed by atoms with E-state index in [4.69, 9.17) is 14.2 Å². The molecule has 0 fully saturated rings. The van der Waals surface area contributed by atoms with Crippen molar-refractivity contribution in [1.82, 2.24) is 0 Å². The van der Waals surface area contributed by atoms with Crippen LogP contribution in [0, 0.1) is 0 Å². The highest BCUT2D eigenvalue weighted by molar-refractivity contribution is 5.70. The Kier molecular flexibility index (Phi) is 38.3. The molecule has 0 rings (SSSR count). The molecule has 0 radical (unpaired) electrons. The number of carbonyl (C=O) groups excluding carboxylic acids is 3. The van der Waals surface area contributed by atoms with Crippen LogP contribution in [0.3, 0.4) is 0 Å². The number of likely N-dealkylation sites (N-methyl/N-ethyl adjacent to an activating group) is 1. The minimum atomic E-state index is -1.13. The molecule has 0 bridgehead atoms. The summed E-state index contributed by atoms with van der Waals surface area (Å²) in [5.41, 5.74) is 0. The van der Waals surface area contributed by atoms with Crippen molar-refractivity contribution in [2.45, 2.75) is 187 Å². The second-order valence-electron chi connectivity index (χ2n) is 16.3. The Labute approximate surface area is 355 Å². The summed E-state index contributed by atoms with van der Waals surface area (Å²) in [5.74, 6) is -1.77. The summed E-state index contributed by atoms with van der Waals surface area (Å²) in [6.07, 6.45) is 50.7. The van der Waals surface area contributed by atoms with Gasteiger partial charge in [-0.25, -0.2) is 0 Å². The summed E-state index contributed by atoms with van der Waals surface area (Å²) in [7, 11) is 5.39. The largest absolute Gasteiger partial charge is 0.544 e. The average Bonchev–Trinajstić information content (AvgIpc) is 3.18. The number of unbranched alkanes of at least 4 members (excludes halogenated alkanes) is 14. The van der Waals surface area contributed by atoms with Gasteiger partial charge in [0.25, 0.3) is 0 Å². The summed E-state index contributed by atoms with van der Waals surface area (Å²) >= 11 is 0. The number of hydrogen-bond donors (Lipinski definition) is 0. The molecule has 0 amide bonds. The van der Waals surface area contributed by atoms with Crippen molar-refractivity contribution in [3.63, 3.8) is 0 Å². The van der Waals surface area contributed by atoms with E-state index >= 15 is 0 Å². The van der Waals surface area contributed by atoms with Crippen LogP contribution in [0.1, 0.15) is 174 Å². The first-order chi connectivity index (χ1) is 28.1. The number of carboxylic acids is 1. The van der Waals surface area contributed by atoms with Crippen molar-refractivity contribution in [1.29, 1.82) is 0 Å². The zero-order valence-electron chi connectivity index (χ0n) is 37.7. The van der Waals surface area contributed by atoms with Gasteiger partial charge in [0.15, 0.2) is 6.10 Å². The van der Waals surface area contributed by atoms with Gasteiger partial charge in [0, 0.05) is 19.3 Å². The number of aliphatic carboxylic acids is 1. The van der Waals surface area contributed by atoms with Crippen LogP contribution in [0.15, 0.2) is 72.9 Å². The van der Waals surface area contributed by atoms with Crippen molar-refractivity contribution < 1.29 is 38.2 Å². The monoisotopic (exact) mass is 812 g/mol. The Hall–Kier alpha value is -3.23. The lowest BCUT2D eigenvalue weighted by Gasteiger charge is -2.34. The minimum absolute atomic E-state index is 0.0293. The van der Waals surface area contributed by atoms with Crippen LogP contribution in [0.2, 0.25) is 0 Å². The summed E-state index contributed by atoms with van der Waals surface area (Å²) in [6, 6.07) is -0.732. The van der Waals surface area contributed by atoms with Crippen LogP contribution in [-0.2, 0) is 28.6 Å². The molecule has 8 nitrogen and oxygen atoms in total. The van der Waals surface area contributed by atoms with Crippen LogP contribution in [0.4, 0.5) is 0 Å². The molecule has 0 aliphatic heterocycles. The maximum atomic E-state index is 12.7. The Bertz CT molecular complexity index is 1180. The molecule has 0 saturated carbocycles. The molecule has 0 aliphatic rings. The van der Waals surface area contributed by atoms with Gasteiger partial charge in [-0.1, -0.05) is 145 Å². The van der Waals surface area contributed by atoms with E-state index in [0.29, 0.717) is 12.8 Å². The second-order valence-corrected chi connectivity index (χ2v) is 16.3. The Balaban J connectivity index is 4.31. The van der Waals surface area contributed by atoms with E-state index in [1.807, 2.05) is 0 Å². The normalized spacial score (nSPS) is 13.6. The second kappa shape index (κ2) is 40.5. The van der Waals surface area contributed by atoms with Gasteiger partial charge in [-0.15, -0.1) is 0 Å². The van der Waals surface area contributed by atoms with Crippen molar-refractivity contribution in [3.8, 4) is 0 Å². The molecule has 0 aromatic rings. The molecule has 58 heavy (non-hydrogen) atoms. The van der Waals surface area contributed by atoms with Gasteiger partial charge in [0.1, 0.15) is 12.6 Å². The van der Waals surface area contributed by atoms with Crippen LogP contribution in [0.5, 0.6) is 0 Å². The first-order valence-corrected chi connectivity index (χ1v) is 23.0. The molecule has 2 unspecified atom stereocenters. The Morgan fingerprint density at radius 1 is 0.534 bits per heavy atom. The fourth-order valence-corrected chi connectivity index (χ4v) is 6.27. The van der Waals surface area contributed by atoms with Crippen molar-refractivity contribution >= 4 is 17.9 Å². The summed E-state index contributed by atoms with van der Waals surface area (Å²) < 4.78 is 17.1. The van der Waals surface area contributed by atoms with Crippen LogP contribution in [0.25, 0.3) is 0 Å². The molecule has 332 valence electrons. The smallest absolute Gasteiger partial charge is 0.306 e. The molecule has 0 aromatic heterocycles. The molecular formula is C50H85NO7. The van der Waals surface area contributed by atoms with Gasteiger partial charge in [-0.05, 0) is 83.5 Å². The fraction of sp³-hybridized carbons (Fsp3) is 0.700. The van der Waals surface area contributed by atoms with Crippen LogP contribution in [-0.4, -0.2) is 75.5 Å². The van der Waals surface area contributed by atoms with Gasteiger partial charge >= 0.3 is 11.9 Å².